The molecular formula is C17H18FN5O2. The number of anilines is 2. The smallest absolute Gasteiger partial charge is 0.272 e. The van der Waals surface area contributed by atoms with Crippen LogP contribution >= 0.6 is 0 Å². The number of carbonyl (C=O) groups is 2. The Morgan fingerprint density at radius 1 is 1.20 bits per heavy atom. The number of hydrogen-bond acceptors (Lipinski definition) is 5. The zero-order valence-electron chi connectivity index (χ0n) is 13.8. The summed E-state index contributed by atoms with van der Waals surface area (Å²) in [6.45, 7) is 3.64. The standard InChI is InChI=1S/C17H18FN5O2/c1-12-19-15(17(25)23-7-5-22(11-24)6-8-23)10-16(20-12)21-14-4-2-3-13(18)9-14/h2-4,9-11H,5-8H2,1H3,(H,19,20,21). The van der Waals surface area contributed by atoms with Gasteiger partial charge in [-0.15, -0.1) is 0 Å². The fourth-order valence-electron chi connectivity index (χ4n) is 2.65. The molecule has 3 rings (SSSR count). The van der Waals surface area contributed by atoms with Gasteiger partial charge in [0, 0.05) is 37.9 Å². The van der Waals surface area contributed by atoms with E-state index in [4.69, 9.17) is 0 Å². The lowest BCUT2D eigenvalue weighted by Gasteiger charge is -2.32. The van der Waals surface area contributed by atoms with Gasteiger partial charge in [0.15, 0.2) is 0 Å². The minimum Gasteiger partial charge on any atom is -0.342 e. The van der Waals surface area contributed by atoms with Crippen LogP contribution in [-0.2, 0) is 4.79 Å². The largest absolute Gasteiger partial charge is 0.342 e. The van der Waals surface area contributed by atoms with Crippen LogP contribution in [0.4, 0.5) is 15.9 Å². The SMILES string of the molecule is Cc1nc(Nc2cccc(F)c2)cc(C(=O)N2CCN(C=O)CC2)n1. The van der Waals surface area contributed by atoms with Crippen molar-refractivity contribution in [2.24, 2.45) is 0 Å². The summed E-state index contributed by atoms with van der Waals surface area (Å²) in [5.74, 6) is 0.294. The molecular weight excluding hydrogens is 325 g/mol. The van der Waals surface area contributed by atoms with Crippen LogP contribution < -0.4 is 5.32 Å². The Bertz CT molecular complexity index is 790. The van der Waals surface area contributed by atoms with Crippen LogP contribution in [-0.4, -0.2) is 58.3 Å². The second kappa shape index (κ2) is 7.25. The van der Waals surface area contributed by atoms with E-state index in [1.165, 1.54) is 12.1 Å². The summed E-state index contributed by atoms with van der Waals surface area (Å²) in [6, 6.07) is 7.54. The van der Waals surface area contributed by atoms with Gasteiger partial charge in [0.25, 0.3) is 5.91 Å². The predicted octanol–water partition coefficient (Wildman–Crippen LogP) is 1.58. The second-order valence-electron chi connectivity index (χ2n) is 5.75. The van der Waals surface area contributed by atoms with Crippen molar-refractivity contribution in [3.8, 4) is 0 Å². The van der Waals surface area contributed by atoms with E-state index in [0.29, 0.717) is 43.5 Å². The topological polar surface area (TPSA) is 78.4 Å². The first-order valence-corrected chi connectivity index (χ1v) is 7.92. The number of aromatic nitrogens is 2. The Hall–Kier alpha value is -3.03. The zero-order chi connectivity index (χ0) is 17.8. The van der Waals surface area contributed by atoms with E-state index < -0.39 is 0 Å². The van der Waals surface area contributed by atoms with E-state index in [1.807, 2.05) is 0 Å². The normalized spacial score (nSPS) is 14.3. The molecule has 2 heterocycles. The van der Waals surface area contributed by atoms with Crippen molar-refractivity contribution in [3.05, 3.63) is 47.7 Å². The van der Waals surface area contributed by atoms with Crippen LogP contribution in [0.5, 0.6) is 0 Å². The maximum atomic E-state index is 13.3. The molecule has 25 heavy (non-hydrogen) atoms. The van der Waals surface area contributed by atoms with E-state index in [9.17, 15) is 14.0 Å². The third-order valence-electron chi connectivity index (χ3n) is 3.90. The summed E-state index contributed by atoms with van der Waals surface area (Å²) in [4.78, 5) is 35.1. The van der Waals surface area contributed by atoms with Gasteiger partial charge in [-0.1, -0.05) is 6.07 Å². The van der Waals surface area contributed by atoms with Crippen molar-refractivity contribution in [3.63, 3.8) is 0 Å². The number of rotatable bonds is 4. The summed E-state index contributed by atoms with van der Waals surface area (Å²) in [5, 5.41) is 2.98. The molecule has 0 bridgehead atoms. The molecule has 0 unspecified atom stereocenters. The quantitative estimate of drug-likeness (QED) is 0.853. The summed E-state index contributed by atoms with van der Waals surface area (Å²) >= 11 is 0. The van der Waals surface area contributed by atoms with Crippen LogP contribution in [0.3, 0.4) is 0 Å². The molecule has 0 radical (unpaired) electrons. The molecule has 2 amide bonds. The number of halogens is 1. The first-order valence-electron chi connectivity index (χ1n) is 7.92. The van der Waals surface area contributed by atoms with Crippen molar-refractivity contribution in [2.75, 3.05) is 31.5 Å². The molecule has 1 N–H and O–H groups in total. The highest BCUT2D eigenvalue weighted by atomic mass is 19.1. The van der Waals surface area contributed by atoms with Gasteiger partial charge in [-0.3, -0.25) is 9.59 Å². The number of hydrogen-bond donors (Lipinski definition) is 1. The third kappa shape index (κ3) is 4.09. The molecule has 130 valence electrons. The lowest BCUT2D eigenvalue weighted by Crippen LogP contribution is -2.48. The molecule has 0 atom stereocenters. The number of carbonyl (C=O) groups excluding carboxylic acids is 2. The minimum atomic E-state index is -0.361. The molecule has 1 fully saturated rings. The number of aryl methyl sites for hydroxylation is 1. The summed E-state index contributed by atoms with van der Waals surface area (Å²) in [7, 11) is 0. The summed E-state index contributed by atoms with van der Waals surface area (Å²) < 4.78 is 13.3. The van der Waals surface area contributed by atoms with Crippen LogP contribution in [0, 0.1) is 12.7 Å². The van der Waals surface area contributed by atoms with Crippen LogP contribution in [0.2, 0.25) is 0 Å². The fraction of sp³-hybridized carbons (Fsp3) is 0.294. The predicted molar refractivity (Wildman–Crippen MR) is 90.0 cm³/mol. The van der Waals surface area contributed by atoms with Crippen LogP contribution in [0.25, 0.3) is 0 Å². The summed E-state index contributed by atoms with van der Waals surface area (Å²) in [6.07, 6.45) is 0.789. The fourth-order valence-corrected chi connectivity index (χ4v) is 2.65. The Morgan fingerprint density at radius 2 is 1.96 bits per heavy atom. The molecule has 0 aliphatic carbocycles. The molecule has 1 aromatic carbocycles. The second-order valence-corrected chi connectivity index (χ2v) is 5.75. The van der Waals surface area contributed by atoms with Gasteiger partial charge in [0.1, 0.15) is 23.2 Å². The average Bonchev–Trinajstić information content (AvgIpc) is 2.60. The van der Waals surface area contributed by atoms with Gasteiger partial charge in [-0.2, -0.15) is 0 Å². The summed E-state index contributed by atoms with van der Waals surface area (Å²) in [5.41, 5.74) is 0.807. The highest BCUT2D eigenvalue weighted by molar-refractivity contribution is 5.93. The van der Waals surface area contributed by atoms with Gasteiger partial charge in [-0.25, -0.2) is 14.4 Å². The van der Waals surface area contributed by atoms with Crippen molar-refractivity contribution < 1.29 is 14.0 Å². The van der Waals surface area contributed by atoms with Gasteiger partial charge in [0.2, 0.25) is 6.41 Å². The molecule has 1 saturated heterocycles. The number of nitrogens with one attached hydrogen (secondary N) is 1. The first kappa shape index (κ1) is 16.8. The molecule has 8 heteroatoms. The van der Waals surface area contributed by atoms with Crippen molar-refractivity contribution in [1.29, 1.82) is 0 Å². The number of benzene rings is 1. The van der Waals surface area contributed by atoms with Crippen LogP contribution in [0.15, 0.2) is 30.3 Å². The van der Waals surface area contributed by atoms with E-state index in [-0.39, 0.29) is 17.4 Å². The Balaban J connectivity index is 1.77. The zero-order valence-corrected chi connectivity index (χ0v) is 13.8. The minimum absolute atomic E-state index is 0.210. The average molecular weight is 343 g/mol. The Morgan fingerprint density at radius 3 is 2.64 bits per heavy atom. The van der Waals surface area contributed by atoms with E-state index >= 15 is 0 Å². The van der Waals surface area contributed by atoms with Gasteiger partial charge in [-0.05, 0) is 25.1 Å². The van der Waals surface area contributed by atoms with Gasteiger partial charge < -0.3 is 15.1 Å². The lowest BCUT2D eigenvalue weighted by molar-refractivity contribution is -0.119. The monoisotopic (exact) mass is 343 g/mol. The van der Waals surface area contributed by atoms with E-state index in [0.717, 1.165) is 6.41 Å². The molecule has 0 saturated carbocycles. The van der Waals surface area contributed by atoms with E-state index in [1.54, 1.807) is 34.9 Å². The highest BCUT2D eigenvalue weighted by Crippen LogP contribution is 2.17. The Kier molecular flexibility index (Phi) is 4.87. The van der Waals surface area contributed by atoms with Gasteiger partial charge in [0.05, 0.1) is 0 Å². The van der Waals surface area contributed by atoms with Crippen LogP contribution in [0.1, 0.15) is 16.3 Å². The number of nitrogens with zero attached hydrogens (tertiary/aromatic N) is 4. The maximum absolute atomic E-state index is 13.3. The molecule has 7 nitrogen and oxygen atoms in total. The molecule has 1 aliphatic rings. The van der Waals surface area contributed by atoms with Gasteiger partial charge >= 0.3 is 0 Å². The van der Waals surface area contributed by atoms with Crippen molar-refractivity contribution >= 4 is 23.8 Å². The molecule has 2 aromatic rings. The van der Waals surface area contributed by atoms with Crippen molar-refractivity contribution in [1.82, 2.24) is 19.8 Å². The number of amides is 2. The molecule has 1 aromatic heterocycles. The van der Waals surface area contributed by atoms with E-state index in [2.05, 4.69) is 15.3 Å². The first-order chi connectivity index (χ1) is 12.0. The van der Waals surface area contributed by atoms with Crippen molar-refractivity contribution in [2.45, 2.75) is 6.92 Å². The molecule has 0 spiro atoms. The maximum Gasteiger partial charge on any atom is 0.272 e. The Labute approximate surface area is 144 Å². The number of piperazine rings is 1. The lowest BCUT2D eigenvalue weighted by atomic mass is 10.2. The highest BCUT2D eigenvalue weighted by Gasteiger charge is 2.23. The molecule has 1 aliphatic heterocycles. The third-order valence-corrected chi connectivity index (χ3v) is 3.90.